The maximum absolute atomic E-state index is 13.0. The van der Waals surface area contributed by atoms with Crippen LogP contribution in [0.2, 0.25) is 0 Å². The van der Waals surface area contributed by atoms with Crippen LogP contribution in [0.5, 0.6) is 5.75 Å². The van der Waals surface area contributed by atoms with Gasteiger partial charge in [0, 0.05) is 31.7 Å². The zero-order valence-electron chi connectivity index (χ0n) is 16.1. The third kappa shape index (κ3) is 4.19. The zero-order chi connectivity index (χ0) is 21.2. The van der Waals surface area contributed by atoms with E-state index >= 15 is 0 Å². The van der Waals surface area contributed by atoms with E-state index in [0.29, 0.717) is 37.5 Å². The van der Waals surface area contributed by atoms with Crippen LogP contribution in [-0.4, -0.2) is 58.3 Å². The summed E-state index contributed by atoms with van der Waals surface area (Å²) in [7, 11) is -3.17. The van der Waals surface area contributed by atoms with E-state index in [1.165, 1.54) is 18.2 Å². The summed E-state index contributed by atoms with van der Waals surface area (Å²) in [5.41, 5.74) is 1.66. The molecule has 0 N–H and O–H groups in total. The van der Waals surface area contributed by atoms with Crippen molar-refractivity contribution in [3.8, 4) is 5.75 Å². The quantitative estimate of drug-likeness (QED) is 0.738. The molecule has 2 aromatic rings. The summed E-state index contributed by atoms with van der Waals surface area (Å²) >= 11 is 0. The van der Waals surface area contributed by atoms with Gasteiger partial charge in [-0.2, -0.15) is 8.78 Å². The maximum atomic E-state index is 13.0. The molecule has 2 aromatic carbocycles. The highest BCUT2D eigenvalue weighted by Crippen LogP contribution is 2.30. The lowest BCUT2D eigenvalue weighted by atomic mass is 10.1. The largest absolute Gasteiger partial charge is 0.496 e. The van der Waals surface area contributed by atoms with Crippen molar-refractivity contribution in [3.63, 3.8) is 0 Å². The van der Waals surface area contributed by atoms with Crippen molar-refractivity contribution in [2.75, 3.05) is 38.2 Å². The molecular formula is C20H22F2N2O4S. The Hall–Kier alpha value is -2.68. The van der Waals surface area contributed by atoms with Crippen molar-refractivity contribution < 1.29 is 26.7 Å². The molecule has 1 aliphatic heterocycles. The van der Waals surface area contributed by atoms with Gasteiger partial charge in [-0.1, -0.05) is 18.2 Å². The number of nitrogens with zero attached hydrogens (tertiary/aromatic N) is 2. The molecule has 1 amide bonds. The number of alkyl halides is 2. The van der Waals surface area contributed by atoms with Gasteiger partial charge < -0.3 is 14.5 Å². The number of carbonyl (C=O) groups is 1. The highest BCUT2D eigenvalue weighted by molar-refractivity contribution is 7.91. The van der Waals surface area contributed by atoms with Gasteiger partial charge >= 0.3 is 5.76 Å². The second-order valence-electron chi connectivity index (χ2n) is 6.74. The smallest absolute Gasteiger partial charge is 0.341 e. The van der Waals surface area contributed by atoms with Crippen molar-refractivity contribution in [3.05, 3.63) is 53.6 Å². The topological polar surface area (TPSA) is 66.9 Å². The summed E-state index contributed by atoms with van der Waals surface area (Å²) in [6, 6.07) is 11.0. The summed E-state index contributed by atoms with van der Waals surface area (Å²) in [5, 5.41) is 0. The van der Waals surface area contributed by atoms with Crippen molar-refractivity contribution in [2.45, 2.75) is 17.6 Å². The summed E-state index contributed by atoms with van der Waals surface area (Å²) in [6.07, 6.45) is 0. The van der Waals surface area contributed by atoms with Crippen LogP contribution < -0.4 is 9.64 Å². The van der Waals surface area contributed by atoms with Crippen molar-refractivity contribution in [1.82, 2.24) is 4.90 Å². The van der Waals surface area contributed by atoms with Crippen molar-refractivity contribution in [2.24, 2.45) is 0 Å². The Labute approximate surface area is 168 Å². The highest BCUT2D eigenvalue weighted by Gasteiger charge is 2.32. The second-order valence-corrected chi connectivity index (χ2v) is 8.62. The number of ether oxygens (including phenoxy) is 1. The van der Waals surface area contributed by atoms with Crippen LogP contribution in [0.4, 0.5) is 14.5 Å². The van der Waals surface area contributed by atoms with Crippen molar-refractivity contribution in [1.29, 1.82) is 0 Å². The first-order valence-corrected chi connectivity index (χ1v) is 10.6. The summed E-state index contributed by atoms with van der Waals surface area (Å²) < 4.78 is 55.3. The Balaban J connectivity index is 1.76. The standard InChI is InChI=1S/C20H22F2N2O4S/c1-14-7-8-15(13-17(14)28-2)19(25)24-11-9-23(10-12-24)16-5-3-4-6-18(16)29(26,27)20(21)22/h3-8,13,20H,9-12H2,1-2H3. The number of para-hydroxylation sites is 1. The number of sulfone groups is 1. The van der Waals surface area contributed by atoms with Gasteiger partial charge in [0.25, 0.3) is 5.91 Å². The lowest BCUT2D eigenvalue weighted by molar-refractivity contribution is 0.0746. The van der Waals surface area contributed by atoms with Gasteiger partial charge in [-0.3, -0.25) is 4.79 Å². The Morgan fingerprint density at radius 3 is 2.34 bits per heavy atom. The zero-order valence-corrected chi connectivity index (χ0v) is 17.0. The molecule has 3 rings (SSSR count). The minimum absolute atomic E-state index is 0.156. The van der Waals surface area contributed by atoms with Crippen LogP contribution in [0.1, 0.15) is 15.9 Å². The summed E-state index contributed by atoms with van der Waals surface area (Å²) in [5.74, 6) is -3.01. The molecule has 1 heterocycles. The monoisotopic (exact) mass is 424 g/mol. The number of piperazine rings is 1. The van der Waals surface area contributed by atoms with Crippen LogP contribution in [0.25, 0.3) is 0 Å². The number of rotatable bonds is 5. The number of carbonyl (C=O) groups excluding carboxylic acids is 1. The molecule has 0 unspecified atom stereocenters. The Morgan fingerprint density at radius 1 is 1.07 bits per heavy atom. The Morgan fingerprint density at radius 2 is 1.72 bits per heavy atom. The van der Waals surface area contributed by atoms with E-state index < -0.39 is 20.5 Å². The second kappa shape index (κ2) is 8.36. The predicted molar refractivity (Wildman–Crippen MR) is 105 cm³/mol. The molecule has 0 saturated carbocycles. The molecule has 9 heteroatoms. The average Bonchev–Trinajstić information content (AvgIpc) is 2.73. The number of amides is 1. The van der Waals surface area contributed by atoms with Gasteiger partial charge in [0.1, 0.15) is 5.75 Å². The van der Waals surface area contributed by atoms with Crippen molar-refractivity contribution >= 4 is 21.4 Å². The molecule has 1 aliphatic rings. The van der Waals surface area contributed by atoms with Crippen LogP contribution in [0, 0.1) is 6.92 Å². The molecule has 0 bridgehead atoms. The van der Waals surface area contributed by atoms with Gasteiger partial charge in [0.2, 0.25) is 9.84 Å². The fourth-order valence-corrected chi connectivity index (χ4v) is 4.29. The van der Waals surface area contributed by atoms with E-state index in [1.54, 1.807) is 35.1 Å². The number of benzene rings is 2. The summed E-state index contributed by atoms with van der Waals surface area (Å²) in [6.45, 7) is 3.25. The highest BCUT2D eigenvalue weighted by atomic mass is 32.2. The molecule has 0 radical (unpaired) electrons. The molecule has 0 aliphatic carbocycles. The molecular weight excluding hydrogens is 402 g/mol. The third-order valence-corrected chi connectivity index (χ3v) is 6.40. The normalized spacial score (nSPS) is 14.9. The number of hydrogen-bond donors (Lipinski definition) is 0. The predicted octanol–water partition coefficient (Wildman–Crippen LogP) is 2.96. The van der Waals surface area contributed by atoms with E-state index in [-0.39, 0.29) is 11.6 Å². The molecule has 0 aromatic heterocycles. The fourth-order valence-electron chi connectivity index (χ4n) is 3.34. The Kier molecular flexibility index (Phi) is 6.07. The van der Waals surface area contributed by atoms with E-state index in [1.807, 2.05) is 13.0 Å². The number of halogens is 2. The van der Waals surface area contributed by atoms with E-state index in [9.17, 15) is 22.0 Å². The van der Waals surface area contributed by atoms with Gasteiger partial charge in [-0.15, -0.1) is 0 Å². The van der Waals surface area contributed by atoms with E-state index in [2.05, 4.69) is 0 Å². The number of hydrogen-bond acceptors (Lipinski definition) is 5. The maximum Gasteiger partial charge on any atom is 0.341 e. The molecule has 0 atom stereocenters. The first kappa shape index (κ1) is 21.0. The van der Waals surface area contributed by atoms with Crippen LogP contribution in [0.15, 0.2) is 47.4 Å². The molecule has 29 heavy (non-hydrogen) atoms. The third-order valence-electron chi connectivity index (χ3n) is 4.97. The van der Waals surface area contributed by atoms with Crippen LogP contribution in [0.3, 0.4) is 0 Å². The lowest BCUT2D eigenvalue weighted by Crippen LogP contribution is -2.49. The molecule has 156 valence electrons. The lowest BCUT2D eigenvalue weighted by Gasteiger charge is -2.37. The average molecular weight is 424 g/mol. The number of methoxy groups -OCH3 is 1. The fraction of sp³-hybridized carbons (Fsp3) is 0.350. The molecule has 1 fully saturated rings. The Bertz CT molecular complexity index is 1000. The van der Waals surface area contributed by atoms with Crippen LogP contribution in [-0.2, 0) is 9.84 Å². The van der Waals surface area contributed by atoms with Gasteiger partial charge in [-0.25, -0.2) is 8.42 Å². The van der Waals surface area contributed by atoms with E-state index in [4.69, 9.17) is 4.74 Å². The molecule has 0 spiro atoms. The van der Waals surface area contributed by atoms with Gasteiger partial charge in [-0.05, 0) is 36.8 Å². The van der Waals surface area contributed by atoms with E-state index in [0.717, 1.165) is 5.56 Å². The summed E-state index contributed by atoms with van der Waals surface area (Å²) in [4.78, 5) is 15.8. The van der Waals surface area contributed by atoms with Gasteiger partial charge in [0.15, 0.2) is 0 Å². The minimum atomic E-state index is -4.71. The number of anilines is 1. The number of aryl methyl sites for hydroxylation is 1. The SMILES string of the molecule is COc1cc(C(=O)N2CCN(c3ccccc3S(=O)(=O)C(F)F)CC2)ccc1C. The van der Waals surface area contributed by atoms with Crippen LogP contribution >= 0.6 is 0 Å². The first-order valence-electron chi connectivity index (χ1n) is 9.05. The molecule has 1 saturated heterocycles. The first-order chi connectivity index (χ1) is 13.8. The molecule has 6 nitrogen and oxygen atoms in total. The van der Waals surface area contributed by atoms with Gasteiger partial charge in [0.05, 0.1) is 17.7 Å². The minimum Gasteiger partial charge on any atom is -0.496 e.